The van der Waals surface area contributed by atoms with E-state index in [1.54, 1.807) is 14.2 Å². The zero-order chi connectivity index (χ0) is 20.5. The van der Waals surface area contributed by atoms with Gasteiger partial charge in [0.2, 0.25) is 0 Å². The third-order valence-electron chi connectivity index (χ3n) is 4.38. The maximum absolute atomic E-state index is 5.76. The van der Waals surface area contributed by atoms with Crippen LogP contribution in [0.25, 0.3) is 0 Å². The molecule has 0 spiro atoms. The fourth-order valence-electron chi connectivity index (χ4n) is 2.97. The van der Waals surface area contributed by atoms with Crippen molar-refractivity contribution in [2.24, 2.45) is 0 Å². The van der Waals surface area contributed by atoms with Gasteiger partial charge in [0.25, 0.3) is 0 Å². The number of benzene rings is 2. The molecule has 0 bridgehead atoms. The summed E-state index contributed by atoms with van der Waals surface area (Å²) in [5.74, 6) is 4.32. The molecule has 0 aliphatic carbocycles. The Bertz CT molecular complexity index is 692. The summed E-state index contributed by atoms with van der Waals surface area (Å²) in [6, 6.07) is 13.0. The predicted octanol–water partition coefficient (Wildman–Crippen LogP) is 4.61. The van der Waals surface area contributed by atoms with Gasteiger partial charge in [-0.3, -0.25) is 0 Å². The first kappa shape index (κ1) is 24.1. The summed E-state index contributed by atoms with van der Waals surface area (Å²) in [5.41, 5.74) is 2.86. The van der Waals surface area contributed by atoms with Crippen LogP contribution >= 0.6 is 23.5 Å². The van der Waals surface area contributed by atoms with Gasteiger partial charge in [0.05, 0.1) is 0 Å². The Labute approximate surface area is 190 Å². The third-order valence-corrected chi connectivity index (χ3v) is 13.8. The minimum absolute atomic E-state index is 0.331. The van der Waals surface area contributed by atoms with E-state index in [2.05, 4.69) is 64.1 Å². The number of methoxy groups -OCH3 is 2. The second kappa shape index (κ2) is 12.5. The van der Waals surface area contributed by atoms with Gasteiger partial charge in [-0.05, 0) is 0 Å². The van der Waals surface area contributed by atoms with Gasteiger partial charge >= 0.3 is 191 Å². The molecule has 0 saturated heterocycles. The summed E-state index contributed by atoms with van der Waals surface area (Å²) in [5, 5.41) is 0.971. The molecule has 2 aromatic rings. The molecule has 0 radical (unpaired) electrons. The van der Waals surface area contributed by atoms with Crippen LogP contribution in [-0.2, 0) is 0 Å². The van der Waals surface area contributed by atoms with Crippen LogP contribution in [-0.4, -0.2) is 52.0 Å². The van der Waals surface area contributed by atoms with Crippen molar-refractivity contribution in [3.8, 4) is 11.5 Å². The summed E-state index contributed by atoms with van der Waals surface area (Å²) in [7, 11) is 3.58. The topological polar surface area (TPSA) is 18.5 Å². The molecule has 0 fully saturated rings. The first-order valence-electron chi connectivity index (χ1n) is 9.48. The number of thioether (sulfide) groups is 2. The SMILES string of the molecule is CCS[C@H](C)c1cccc(OC)c1[Se][Se]c1c(OC)cccc1[C@@H](C)SCC. The zero-order valence-electron chi connectivity index (χ0n) is 17.5. The molecule has 0 N–H and O–H groups in total. The van der Waals surface area contributed by atoms with E-state index in [1.165, 1.54) is 20.1 Å². The third kappa shape index (κ3) is 6.14. The van der Waals surface area contributed by atoms with Crippen LogP contribution < -0.4 is 18.4 Å². The molecular formula is C22H30O2S2Se2. The van der Waals surface area contributed by atoms with E-state index in [9.17, 15) is 0 Å². The molecule has 0 heterocycles. The Balaban J connectivity index is 2.38. The normalized spacial score (nSPS) is 13.2. The zero-order valence-corrected chi connectivity index (χ0v) is 22.5. The van der Waals surface area contributed by atoms with Crippen LogP contribution in [0.2, 0.25) is 0 Å². The van der Waals surface area contributed by atoms with Gasteiger partial charge in [0.1, 0.15) is 0 Å². The fraction of sp³-hybridized carbons (Fsp3) is 0.455. The van der Waals surface area contributed by atoms with Gasteiger partial charge in [-0.1, -0.05) is 0 Å². The van der Waals surface area contributed by atoms with Crippen LogP contribution in [0, 0.1) is 0 Å². The number of ether oxygens (including phenoxy) is 2. The molecule has 0 aliphatic rings. The van der Waals surface area contributed by atoms with Crippen LogP contribution in [0.4, 0.5) is 0 Å². The van der Waals surface area contributed by atoms with Gasteiger partial charge < -0.3 is 0 Å². The molecule has 28 heavy (non-hydrogen) atoms. The van der Waals surface area contributed by atoms with Crippen molar-refractivity contribution in [1.82, 2.24) is 0 Å². The van der Waals surface area contributed by atoms with Crippen LogP contribution in [0.15, 0.2) is 36.4 Å². The van der Waals surface area contributed by atoms with E-state index in [0.29, 0.717) is 36.8 Å². The second-order valence-electron chi connectivity index (χ2n) is 6.12. The molecule has 0 aromatic heterocycles. The van der Waals surface area contributed by atoms with E-state index in [4.69, 9.17) is 9.47 Å². The standard InChI is InChI=1S/C22H30O2S2Se2/c1-7-25-15(3)17-11-9-13-19(23-5)21(17)27-28-22-18(16(4)26-8-2)12-10-14-20(22)24-6/h9-16H,7-8H2,1-6H3/t15-,16-/m1/s1. The molecule has 0 saturated carbocycles. The number of hydrogen-bond donors (Lipinski definition) is 0. The van der Waals surface area contributed by atoms with Gasteiger partial charge in [-0.25, -0.2) is 0 Å². The molecule has 2 atom stereocenters. The number of rotatable bonds is 11. The van der Waals surface area contributed by atoms with Gasteiger partial charge in [-0.2, -0.15) is 0 Å². The second-order valence-corrected chi connectivity index (χ2v) is 15.4. The summed E-state index contributed by atoms with van der Waals surface area (Å²) in [6.07, 6.45) is 0. The van der Waals surface area contributed by atoms with Crippen molar-refractivity contribution < 1.29 is 9.47 Å². The molecule has 0 aliphatic heterocycles. The monoisotopic (exact) mass is 550 g/mol. The molecular weight excluding hydrogens is 518 g/mol. The summed E-state index contributed by atoms with van der Waals surface area (Å²) in [4.78, 5) is 0. The van der Waals surface area contributed by atoms with Crippen molar-refractivity contribution in [3.05, 3.63) is 47.5 Å². The summed E-state index contributed by atoms with van der Waals surface area (Å²) < 4.78 is 14.3. The maximum atomic E-state index is 5.76. The average Bonchev–Trinajstić information content (AvgIpc) is 2.71. The first-order valence-corrected chi connectivity index (χ1v) is 17.6. The van der Waals surface area contributed by atoms with Crippen molar-refractivity contribution in [3.63, 3.8) is 0 Å². The van der Waals surface area contributed by atoms with E-state index in [0.717, 1.165) is 23.0 Å². The molecule has 2 rings (SSSR count). The van der Waals surface area contributed by atoms with E-state index in [-0.39, 0.29) is 0 Å². The molecule has 2 aromatic carbocycles. The Kier molecular flexibility index (Phi) is 10.7. The molecule has 0 amide bonds. The Hall–Kier alpha value is -0.221. The molecule has 154 valence electrons. The quantitative estimate of drug-likeness (QED) is 0.382. The molecule has 0 unspecified atom stereocenters. The predicted molar refractivity (Wildman–Crippen MR) is 130 cm³/mol. The Morgan fingerprint density at radius 3 is 1.46 bits per heavy atom. The van der Waals surface area contributed by atoms with Gasteiger partial charge in [0, 0.05) is 0 Å². The van der Waals surface area contributed by atoms with Crippen LogP contribution in [0.1, 0.15) is 49.3 Å². The van der Waals surface area contributed by atoms with E-state index in [1.807, 2.05) is 23.5 Å². The molecule has 2 nitrogen and oxygen atoms in total. The van der Waals surface area contributed by atoms with Crippen molar-refractivity contribution in [2.45, 2.75) is 38.2 Å². The fourth-order valence-corrected chi connectivity index (χ4v) is 13.5. The average molecular weight is 549 g/mol. The Morgan fingerprint density at radius 2 is 1.14 bits per heavy atom. The summed E-state index contributed by atoms with van der Waals surface area (Å²) >= 11 is 4.65. The van der Waals surface area contributed by atoms with Crippen LogP contribution in [0.5, 0.6) is 11.5 Å². The van der Waals surface area contributed by atoms with E-state index >= 15 is 0 Å². The minimum atomic E-state index is 0.331. The van der Waals surface area contributed by atoms with Crippen molar-refractivity contribution >= 4 is 58.7 Å². The molecule has 6 heteroatoms. The summed E-state index contributed by atoms with van der Waals surface area (Å²) in [6.45, 7) is 9.07. The Morgan fingerprint density at radius 1 is 0.750 bits per heavy atom. The van der Waals surface area contributed by atoms with E-state index < -0.39 is 0 Å². The first-order chi connectivity index (χ1) is 13.6. The van der Waals surface area contributed by atoms with Gasteiger partial charge in [-0.15, -0.1) is 0 Å². The van der Waals surface area contributed by atoms with Crippen molar-refractivity contribution in [1.29, 1.82) is 0 Å². The van der Waals surface area contributed by atoms with Gasteiger partial charge in [0.15, 0.2) is 0 Å². The van der Waals surface area contributed by atoms with Crippen LogP contribution in [0.3, 0.4) is 0 Å². The number of hydrogen-bond acceptors (Lipinski definition) is 4. The van der Waals surface area contributed by atoms with Crippen molar-refractivity contribution in [2.75, 3.05) is 25.7 Å².